The Morgan fingerprint density at radius 3 is 2.83 bits per heavy atom. The number of ether oxygens (including phenoxy) is 1. The molecule has 1 aromatic carbocycles. The highest BCUT2D eigenvalue weighted by atomic mass is 127. The van der Waals surface area contributed by atoms with Gasteiger partial charge in [0.25, 0.3) is 0 Å². The van der Waals surface area contributed by atoms with Gasteiger partial charge in [-0.05, 0) is 24.1 Å². The molecule has 1 atom stereocenters. The fraction of sp³-hybridized carbons (Fsp3) is 0.500. The standard InChI is InChI=1S/C18H27N3OS.HI/c1-4-12-23-13-10-20-18(19-2)21-11-9-16(14-21)15-5-7-17(22-3)8-6-15;/h4-8,16H,1,9-14H2,2-3H3,(H,19,20);1H. The SMILES string of the molecule is C=CCSCCNC(=NC)N1CCC(c2ccc(OC)cc2)C1.I. The minimum Gasteiger partial charge on any atom is -0.497 e. The lowest BCUT2D eigenvalue weighted by molar-refractivity contribution is 0.414. The minimum absolute atomic E-state index is 0. The molecule has 1 N–H and O–H groups in total. The van der Waals surface area contributed by atoms with Crippen LogP contribution in [0.15, 0.2) is 41.9 Å². The van der Waals surface area contributed by atoms with E-state index >= 15 is 0 Å². The van der Waals surface area contributed by atoms with Gasteiger partial charge in [-0.2, -0.15) is 11.8 Å². The summed E-state index contributed by atoms with van der Waals surface area (Å²) in [5.74, 6) is 4.57. The van der Waals surface area contributed by atoms with Crippen LogP contribution in [0, 0.1) is 0 Å². The van der Waals surface area contributed by atoms with Crippen molar-refractivity contribution in [2.24, 2.45) is 4.99 Å². The average Bonchev–Trinajstić information content (AvgIpc) is 3.08. The quantitative estimate of drug-likeness (QED) is 0.221. The van der Waals surface area contributed by atoms with Crippen molar-refractivity contribution in [1.29, 1.82) is 0 Å². The first-order chi connectivity index (χ1) is 11.3. The average molecular weight is 461 g/mol. The fourth-order valence-corrected chi connectivity index (χ4v) is 3.41. The Hall–Kier alpha value is -0.890. The van der Waals surface area contributed by atoms with Gasteiger partial charge in [-0.3, -0.25) is 4.99 Å². The van der Waals surface area contributed by atoms with Crippen LogP contribution in [0.4, 0.5) is 0 Å². The van der Waals surface area contributed by atoms with E-state index in [-0.39, 0.29) is 24.0 Å². The van der Waals surface area contributed by atoms with Crippen LogP contribution < -0.4 is 10.1 Å². The summed E-state index contributed by atoms with van der Waals surface area (Å²) in [7, 11) is 3.56. The van der Waals surface area contributed by atoms with Crippen molar-refractivity contribution in [2.75, 3.05) is 45.3 Å². The zero-order valence-electron chi connectivity index (χ0n) is 14.5. The van der Waals surface area contributed by atoms with E-state index in [1.165, 1.54) is 5.56 Å². The molecule has 1 unspecified atom stereocenters. The van der Waals surface area contributed by atoms with Gasteiger partial charge in [-0.25, -0.2) is 0 Å². The summed E-state index contributed by atoms with van der Waals surface area (Å²) in [5.41, 5.74) is 1.38. The van der Waals surface area contributed by atoms with Crippen molar-refractivity contribution in [3.63, 3.8) is 0 Å². The molecule has 1 heterocycles. The van der Waals surface area contributed by atoms with Crippen molar-refractivity contribution < 1.29 is 4.74 Å². The Bertz CT molecular complexity index is 522. The number of rotatable bonds is 7. The van der Waals surface area contributed by atoms with Crippen molar-refractivity contribution in [3.8, 4) is 5.75 Å². The number of nitrogens with one attached hydrogen (secondary N) is 1. The molecule has 0 aromatic heterocycles. The van der Waals surface area contributed by atoms with E-state index in [0.29, 0.717) is 5.92 Å². The summed E-state index contributed by atoms with van der Waals surface area (Å²) >= 11 is 1.88. The molecule has 0 spiro atoms. The van der Waals surface area contributed by atoms with Crippen LogP contribution in [-0.2, 0) is 0 Å². The van der Waals surface area contributed by atoms with Gasteiger partial charge in [0.05, 0.1) is 7.11 Å². The van der Waals surface area contributed by atoms with Crippen LogP contribution in [0.2, 0.25) is 0 Å². The maximum Gasteiger partial charge on any atom is 0.193 e. The Morgan fingerprint density at radius 2 is 2.21 bits per heavy atom. The second kappa shape index (κ2) is 11.6. The number of guanidine groups is 1. The molecular formula is C18H28IN3OS. The summed E-state index contributed by atoms with van der Waals surface area (Å²) in [4.78, 5) is 6.78. The molecule has 1 aliphatic rings. The van der Waals surface area contributed by atoms with Crippen LogP contribution in [0.1, 0.15) is 17.9 Å². The lowest BCUT2D eigenvalue weighted by atomic mass is 9.98. The van der Waals surface area contributed by atoms with Crippen LogP contribution in [0.3, 0.4) is 0 Å². The molecular weight excluding hydrogens is 433 g/mol. The maximum absolute atomic E-state index is 5.23. The Balaban J connectivity index is 0.00000288. The molecule has 0 bridgehead atoms. The molecule has 134 valence electrons. The number of thioether (sulfide) groups is 1. The van der Waals surface area contributed by atoms with E-state index in [1.54, 1.807) is 7.11 Å². The normalized spacial score (nSPS) is 17.3. The van der Waals surface area contributed by atoms with E-state index in [9.17, 15) is 0 Å². The first-order valence-electron chi connectivity index (χ1n) is 8.06. The molecule has 2 rings (SSSR count). The van der Waals surface area contributed by atoms with E-state index in [4.69, 9.17) is 4.74 Å². The van der Waals surface area contributed by atoms with E-state index in [1.807, 2.05) is 37.0 Å². The number of likely N-dealkylation sites (tertiary alicyclic amines) is 1. The van der Waals surface area contributed by atoms with E-state index < -0.39 is 0 Å². The van der Waals surface area contributed by atoms with Crippen molar-refractivity contribution >= 4 is 41.7 Å². The van der Waals surface area contributed by atoms with Crippen molar-refractivity contribution in [1.82, 2.24) is 10.2 Å². The number of methoxy groups -OCH3 is 1. The number of hydrogen-bond acceptors (Lipinski definition) is 3. The van der Waals surface area contributed by atoms with Gasteiger partial charge in [-0.1, -0.05) is 18.2 Å². The largest absolute Gasteiger partial charge is 0.497 e. The van der Waals surface area contributed by atoms with Gasteiger partial charge < -0.3 is 15.0 Å². The summed E-state index contributed by atoms with van der Waals surface area (Å²) < 4.78 is 5.23. The Kier molecular flexibility index (Phi) is 10.2. The third-order valence-corrected chi connectivity index (χ3v) is 5.02. The van der Waals surface area contributed by atoms with Crippen molar-refractivity contribution in [3.05, 3.63) is 42.5 Å². The molecule has 1 aliphatic heterocycles. The maximum atomic E-state index is 5.23. The highest BCUT2D eigenvalue weighted by Gasteiger charge is 2.25. The number of halogens is 1. The molecule has 1 saturated heterocycles. The zero-order valence-corrected chi connectivity index (χ0v) is 17.7. The molecule has 6 heteroatoms. The predicted octanol–water partition coefficient (Wildman–Crippen LogP) is 3.60. The van der Waals surface area contributed by atoms with Crippen LogP contribution in [0.25, 0.3) is 0 Å². The fourth-order valence-electron chi connectivity index (χ4n) is 2.83. The number of hydrogen-bond donors (Lipinski definition) is 1. The molecule has 0 radical (unpaired) electrons. The molecule has 4 nitrogen and oxygen atoms in total. The highest BCUT2D eigenvalue weighted by molar-refractivity contribution is 14.0. The predicted molar refractivity (Wildman–Crippen MR) is 116 cm³/mol. The van der Waals surface area contributed by atoms with E-state index in [0.717, 1.165) is 49.3 Å². The van der Waals surface area contributed by atoms with E-state index in [2.05, 4.69) is 33.9 Å². The number of aliphatic imine (C=N–C) groups is 1. The summed E-state index contributed by atoms with van der Waals surface area (Å²) in [5, 5.41) is 3.46. The first kappa shape index (κ1) is 21.2. The third kappa shape index (κ3) is 6.20. The Labute approximate surface area is 167 Å². The van der Waals surface area contributed by atoms with Gasteiger partial charge in [0.1, 0.15) is 5.75 Å². The third-order valence-electron chi connectivity index (χ3n) is 4.05. The minimum atomic E-state index is 0. The summed E-state index contributed by atoms with van der Waals surface area (Å²) in [6.45, 7) is 6.75. The van der Waals surface area contributed by atoms with Crippen LogP contribution >= 0.6 is 35.7 Å². The molecule has 0 aliphatic carbocycles. The van der Waals surface area contributed by atoms with Gasteiger partial charge in [0, 0.05) is 44.1 Å². The van der Waals surface area contributed by atoms with Crippen LogP contribution in [0.5, 0.6) is 5.75 Å². The van der Waals surface area contributed by atoms with Crippen molar-refractivity contribution in [2.45, 2.75) is 12.3 Å². The van der Waals surface area contributed by atoms with Crippen LogP contribution in [-0.4, -0.2) is 56.2 Å². The summed E-state index contributed by atoms with van der Waals surface area (Å²) in [6.07, 6.45) is 3.11. The van der Waals surface area contributed by atoms with Gasteiger partial charge >= 0.3 is 0 Å². The molecule has 0 saturated carbocycles. The first-order valence-corrected chi connectivity index (χ1v) is 9.22. The number of nitrogens with zero attached hydrogens (tertiary/aromatic N) is 2. The lowest BCUT2D eigenvalue weighted by Crippen LogP contribution is -2.40. The topological polar surface area (TPSA) is 36.9 Å². The second-order valence-electron chi connectivity index (χ2n) is 5.54. The lowest BCUT2D eigenvalue weighted by Gasteiger charge is -2.21. The molecule has 24 heavy (non-hydrogen) atoms. The number of benzene rings is 1. The molecule has 0 amide bonds. The second-order valence-corrected chi connectivity index (χ2v) is 6.69. The smallest absolute Gasteiger partial charge is 0.193 e. The molecule has 1 aromatic rings. The monoisotopic (exact) mass is 461 g/mol. The van der Waals surface area contributed by atoms with Gasteiger partial charge in [0.2, 0.25) is 0 Å². The highest BCUT2D eigenvalue weighted by Crippen LogP contribution is 2.28. The Morgan fingerprint density at radius 1 is 1.46 bits per heavy atom. The summed E-state index contributed by atoms with van der Waals surface area (Å²) in [6, 6.07) is 8.44. The van der Waals surface area contributed by atoms with Gasteiger partial charge in [0.15, 0.2) is 5.96 Å². The molecule has 1 fully saturated rings. The van der Waals surface area contributed by atoms with Gasteiger partial charge in [-0.15, -0.1) is 30.6 Å². The zero-order chi connectivity index (χ0) is 16.5.